The number of hydrogen-bond acceptors (Lipinski definition) is 1. The molecule has 1 heteroatoms. The van der Waals surface area contributed by atoms with Gasteiger partial charge >= 0.3 is 0 Å². The molecule has 1 fully saturated rings. The van der Waals surface area contributed by atoms with Gasteiger partial charge in [0, 0.05) is 0 Å². The average Bonchev–Trinajstić information content (AvgIpc) is 3.26. The number of hydrogen-bond donors (Lipinski definition) is 1. The highest BCUT2D eigenvalue weighted by Gasteiger charge is 2.57. The van der Waals surface area contributed by atoms with E-state index in [0.717, 1.165) is 6.42 Å². The average molecular weight is 304 g/mol. The molecule has 1 aliphatic rings. The van der Waals surface area contributed by atoms with Crippen molar-refractivity contribution >= 4 is 0 Å². The van der Waals surface area contributed by atoms with E-state index in [4.69, 9.17) is 0 Å². The highest BCUT2D eigenvalue weighted by molar-refractivity contribution is 5.80. The Morgan fingerprint density at radius 2 is 1.43 bits per heavy atom. The molecule has 0 aliphatic heterocycles. The minimum absolute atomic E-state index is 0.197. The van der Waals surface area contributed by atoms with Gasteiger partial charge in [0.2, 0.25) is 0 Å². The van der Waals surface area contributed by atoms with E-state index in [-0.39, 0.29) is 5.41 Å². The van der Waals surface area contributed by atoms with Gasteiger partial charge in [0.1, 0.15) is 0 Å². The highest BCUT2D eigenvalue weighted by atomic mass is 16.3. The number of aliphatic hydroxyl groups is 1. The van der Waals surface area contributed by atoms with E-state index in [1.165, 1.54) is 27.8 Å². The lowest BCUT2D eigenvalue weighted by Gasteiger charge is -2.17. The van der Waals surface area contributed by atoms with Crippen molar-refractivity contribution < 1.29 is 5.11 Å². The van der Waals surface area contributed by atoms with Crippen LogP contribution in [0.4, 0.5) is 0 Å². The second kappa shape index (κ2) is 6.17. The SMILES string of the molecule is CCC(O)/C=C1/C(=C(C)C)C1(c1ccccc1)c1ccccc1. The summed E-state index contributed by atoms with van der Waals surface area (Å²) >= 11 is 0. The summed E-state index contributed by atoms with van der Waals surface area (Å²) in [5, 5.41) is 10.2. The molecule has 0 saturated heterocycles. The Bertz CT molecular complexity index is 695. The molecule has 3 rings (SSSR count). The van der Waals surface area contributed by atoms with Gasteiger partial charge in [0.15, 0.2) is 0 Å². The molecule has 1 unspecified atom stereocenters. The molecule has 1 N–H and O–H groups in total. The molecule has 1 atom stereocenters. The number of aliphatic hydroxyl groups excluding tert-OH is 1. The maximum Gasteiger partial charge on any atom is 0.0724 e. The summed E-state index contributed by atoms with van der Waals surface area (Å²) in [4.78, 5) is 0. The monoisotopic (exact) mass is 304 g/mol. The summed E-state index contributed by atoms with van der Waals surface area (Å²) in [5.74, 6) is 0. The maximum atomic E-state index is 10.2. The second-order valence-corrected chi connectivity index (χ2v) is 6.41. The van der Waals surface area contributed by atoms with E-state index in [9.17, 15) is 5.11 Å². The lowest BCUT2D eigenvalue weighted by molar-refractivity contribution is 0.218. The first kappa shape index (κ1) is 15.8. The Labute approximate surface area is 139 Å². The predicted molar refractivity (Wildman–Crippen MR) is 96.4 cm³/mol. The zero-order chi connectivity index (χ0) is 16.4. The third kappa shape index (κ3) is 2.55. The normalized spacial score (nSPS) is 18.8. The Kier molecular flexibility index (Phi) is 4.23. The van der Waals surface area contributed by atoms with Gasteiger partial charge in [-0.05, 0) is 42.5 Å². The molecule has 118 valence electrons. The van der Waals surface area contributed by atoms with Crippen LogP contribution in [0.2, 0.25) is 0 Å². The molecule has 0 spiro atoms. The fourth-order valence-corrected chi connectivity index (χ4v) is 3.61. The summed E-state index contributed by atoms with van der Waals surface area (Å²) < 4.78 is 0. The summed E-state index contributed by atoms with van der Waals surface area (Å²) in [6.45, 7) is 6.34. The molecule has 0 heterocycles. The van der Waals surface area contributed by atoms with Crippen molar-refractivity contribution in [2.24, 2.45) is 0 Å². The van der Waals surface area contributed by atoms with Crippen molar-refractivity contribution in [1.82, 2.24) is 0 Å². The number of allylic oxidation sites excluding steroid dienone is 3. The molecular weight excluding hydrogens is 280 g/mol. The van der Waals surface area contributed by atoms with Gasteiger partial charge in [-0.1, -0.05) is 79.2 Å². The topological polar surface area (TPSA) is 20.2 Å². The summed E-state index contributed by atoms with van der Waals surface area (Å²) in [5.41, 5.74) is 6.27. The first-order valence-electron chi connectivity index (χ1n) is 8.32. The third-order valence-corrected chi connectivity index (χ3v) is 4.68. The van der Waals surface area contributed by atoms with E-state index in [0.29, 0.717) is 0 Å². The first-order chi connectivity index (χ1) is 11.1. The molecule has 0 amide bonds. The molecule has 0 aromatic heterocycles. The van der Waals surface area contributed by atoms with Crippen LogP contribution in [-0.4, -0.2) is 11.2 Å². The Morgan fingerprint density at radius 1 is 0.957 bits per heavy atom. The van der Waals surface area contributed by atoms with E-state index in [1.807, 2.05) is 13.0 Å². The largest absolute Gasteiger partial charge is 0.389 e. The van der Waals surface area contributed by atoms with Crippen LogP contribution >= 0.6 is 0 Å². The molecule has 23 heavy (non-hydrogen) atoms. The number of rotatable bonds is 4. The van der Waals surface area contributed by atoms with Gasteiger partial charge in [-0.25, -0.2) is 0 Å². The third-order valence-electron chi connectivity index (χ3n) is 4.68. The van der Waals surface area contributed by atoms with Gasteiger partial charge in [0.25, 0.3) is 0 Å². The van der Waals surface area contributed by atoms with Crippen molar-refractivity contribution in [1.29, 1.82) is 0 Å². The van der Waals surface area contributed by atoms with Crippen LogP contribution < -0.4 is 0 Å². The molecule has 0 radical (unpaired) electrons. The van der Waals surface area contributed by atoms with Gasteiger partial charge in [-0.3, -0.25) is 0 Å². The van der Waals surface area contributed by atoms with Crippen LogP contribution in [0, 0.1) is 0 Å². The Balaban J connectivity index is 2.26. The van der Waals surface area contributed by atoms with Crippen LogP contribution in [0.5, 0.6) is 0 Å². The van der Waals surface area contributed by atoms with Crippen LogP contribution in [0.15, 0.2) is 83.5 Å². The second-order valence-electron chi connectivity index (χ2n) is 6.41. The van der Waals surface area contributed by atoms with Crippen LogP contribution in [0.1, 0.15) is 38.3 Å². The smallest absolute Gasteiger partial charge is 0.0724 e. The fourth-order valence-electron chi connectivity index (χ4n) is 3.61. The van der Waals surface area contributed by atoms with Gasteiger partial charge in [0.05, 0.1) is 11.5 Å². The van der Waals surface area contributed by atoms with E-state index >= 15 is 0 Å². The molecule has 2 aromatic rings. The van der Waals surface area contributed by atoms with Gasteiger partial charge < -0.3 is 5.11 Å². The quantitative estimate of drug-likeness (QED) is 0.841. The Hall–Kier alpha value is -2.12. The van der Waals surface area contributed by atoms with E-state index < -0.39 is 6.10 Å². The Morgan fingerprint density at radius 3 is 1.83 bits per heavy atom. The van der Waals surface area contributed by atoms with Crippen LogP contribution in [0.3, 0.4) is 0 Å². The molecule has 1 aliphatic carbocycles. The van der Waals surface area contributed by atoms with Gasteiger partial charge in [-0.2, -0.15) is 0 Å². The molecular formula is C22H24O. The molecule has 1 saturated carbocycles. The van der Waals surface area contributed by atoms with Crippen molar-refractivity contribution in [2.45, 2.75) is 38.7 Å². The summed E-state index contributed by atoms with van der Waals surface area (Å²) in [6.07, 6.45) is 2.38. The lowest BCUT2D eigenvalue weighted by atomic mass is 9.85. The first-order valence-corrected chi connectivity index (χ1v) is 8.32. The van der Waals surface area contributed by atoms with Crippen molar-refractivity contribution in [3.05, 3.63) is 94.6 Å². The predicted octanol–water partition coefficient (Wildman–Crippen LogP) is 5.02. The van der Waals surface area contributed by atoms with Crippen LogP contribution in [-0.2, 0) is 5.41 Å². The van der Waals surface area contributed by atoms with Crippen molar-refractivity contribution in [3.63, 3.8) is 0 Å². The molecule has 0 bridgehead atoms. The van der Waals surface area contributed by atoms with Crippen LogP contribution in [0.25, 0.3) is 0 Å². The van der Waals surface area contributed by atoms with E-state index in [2.05, 4.69) is 74.5 Å². The maximum absolute atomic E-state index is 10.2. The zero-order valence-electron chi connectivity index (χ0n) is 14.1. The lowest BCUT2D eigenvalue weighted by Crippen LogP contribution is -2.11. The molecule has 1 nitrogen and oxygen atoms in total. The van der Waals surface area contributed by atoms with Gasteiger partial charge in [-0.15, -0.1) is 0 Å². The van der Waals surface area contributed by atoms with Crippen molar-refractivity contribution in [2.75, 3.05) is 0 Å². The summed E-state index contributed by atoms with van der Waals surface area (Å²) in [7, 11) is 0. The number of benzene rings is 2. The minimum atomic E-state index is -0.395. The minimum Gasteiger partial charge on any atom is -0.389 e. The summed E-state index contributed by atoms with van der Waals surface area (Å²) in [6, 6.07) is 21.2. The fraction of sp³-hybridized carbons (Fsp3) is 0.273. The van der Waals surface area contributed by atoms with Crippen molar-refractivity contribution in [3.8, 4) is 0 Å². The highest BCUT2D eigenvalue weighted by Crippen LogP contribution is 2.64. The standard InChI is InChI=1S/C22H24O/c1-4-19(23)15-20-21(16(2)3)22(20,17-11-7-5-8-12-17)18-13-9-6-10-14-18/h5-15,19,23H,4H2,1-3H3/b20-15-. The zero-order valence-corrected chi connectivity index (χ0v) is 14.1. The molecule has 2 aromatic carbocycles. The van der Waals surface area contributed by atoms with E-state index in [1.54, 1.807) is 0 Å².